The molecule has 0 spiro atoms. The predicted octanol–water partition coefficient (Wildman–Crippen LogP) is 1.77. The molecule has 0 aliphatic rings. The standard InChI is InChI=1S/C10H6BrF2N3O2S/c11-8-5-7(12)6-9(13)10(8)19(17,18)16(3-1-14)4-2-15/h5-6H,3-4H2. The normalized spacial score (nSPS) is 11.1. The van der Waals surface area contributed by atoms with E-state index in [0.29, 0.717) is 10.4 Å². The molecule has 0 saturated carbocycles. The fourth-order valence-corrected chi connectivity index (χ4v) is 3.63. The van der Waals surface area contributed by atoms with Gasteiger partial charge < -0.3 is 0 Å². The molecule has 9 heteroatoms. The number of rotatable bonds is 4. The van der Waals surface area contributed by atoms with Crippen molar-refractivity contribution in [1.82, 2.24) is 4.31 Å². The van der Waals surface area contributed by atoms with Crippen LogP contribution in [-0.4, -0.2) is 25.8 Å². The van der Waals surface area contributed by atoms with Crippen molar-refractivity contribution in [3.63, 3.8) is 0 Å². The zero-order valence-corrected chi connectivity index (χ0v) is 11.7. The number of hydrogen-bond donors (Lipinski definition) is 0. The fourth-order valence-electron chi connectivity index (χ4n) is 1.29. The van der Waals surface area contributed by atoms with E-state index in [0.717, 1.165) is 6.07 Å². The molecule has 0 unspecified atom stereocenters. The topological polar surface area (TPSA) is 85.0 Å². The maximum absolute atomic E-state index is 13.6. The van der Waals surface area contributed by atoms with Crippen LogP contribution in [0.3, 0.4) is 0 Å². The van der Waals surface area contributed by atoms with Crippen molar-refractivity contribution in [1.29, 1.82) is 10.5 Å². The molecule has 1 aromatic carbocycles. The van der Waals surface area contributed by atoms with Gasteiger partial charge in [-0.3, -0.25) is 0 Å². The SMILES string of the molecule is N#CCN(CC#N)S(=O)(=O)c1c(F)cc(F)cc1Br. The van der Waals surface area contributed by atoms with E-state index in [4.69, 9.17) is 10.5 Å². The Bertz CT molecular complexity index is 640. The summed E-state index contributed by atoms with van der Waals surface area (Å²) in [5.41, 5.74) is 0. The maximum Gasteiger partial charge on any atom is 0.249 e. The molecule has 0 atom stereocenters. The van der Waals surface area contributed by atoms with Crippen molar-refractivity contribution in [2.45, 2.75) is 4.90 Å². The summed E-state index contributed by atoms with van der Waals surface area (Å²) in [5.74, 6) is -2.25. The smallest absolute Gasteiger partial charge is 0.207 e. The molecule has 0 heterocycles. The van der Waals surface area contributed by atoms with Crippen molar-refractivity contribution in [3.8, 4) is 12.1 Å². The van der Waals surface area contributed by atoms with E-state index in [1.807, 2.05) is 0 Å². The molecular weight excluding hydrogens is 344 g/mol. The molecule has 0 aliphatic heterocycles. The van der Waals surface area contributed by atoms with E-state index in [1.165, 1.54) is 0 Å². The molecular formula is C10H6BrF2N3O2S. The van der Waals surface area contributed by atoms with Crippen LogP contribution in [0, 0.1) is 34.3 Å². The first kappa shape index (κ1) is 15.5. The molecule has 100 valence electrons. The Morgan fingerprint density at radius 1 is 1.21 bits per heavy atom. The quantitative estimate of drug-likeness (QED) is 0.775. The van der Waals surface area contributed by atoms with Gasteiger partial charge in [-0.05, 0) is 22.0 Å². The summed E-state index contributed by atoms with van der Waals surface area (Å²) in [6, 6.07) is 4.32. The van der Waals surface area contributed by atoms with Gasteiger partial charge in [-0.1, -0.05) is 0 Å². The van der Waals surface area contributed by atoms with E-state index in [9.17, 15) is 17.2 Å². The third kappa shape index (κ3) is 3.26. The van der Waals surface area contributed by atoms with Gasteiger partial charge in [-0.25, -0.2) is 17.2 Å². The van der Waals surface area contributed by atoms with Crippen molar-refractivity contribution in [3.05, 3.63) is 28.2 Å². The summed E-state index contributed by atoms with van der Waals surface area (Å²) < 4.78 is 50.9. The van der Waals surface area contributed by atoms with Crippen molar-refractivity contribution >= 4 is 26.0 Å². The maximum atomic E-state index is 13.6. The summed E-state index contributed by atoms with van der Waals surface area (Å²) in [5, 5.41) is 17.1. The third-order valence-electron chi connectivity index (χ3n) is 2.06. The van der Waals surface area contributed by atoms with Gasteiger partial charge in [0.25, 0.3) is 0 Å². The minimum atomic E-state index is -4.40. The Labute approximate surface area is 116 Å². The average Bonchev–Trinajstić information content (AvgIpc) is 2.26. The molecule has 0 fully saturated rings. The van der Waals surface area contributed by atoms with Crippen molar-refractivity contribution in [2.75, 3.05) is 13.1 Å². The summed E-state index contributed by atoms with van der Waals surface area (Å²) in [7, 11) is -4.40. The Morgan fingerprint density at radius 3 is 2.16 bits per heavy atom. The largest absolute Gasteiger partial charge is 0.249 e. The van der Waals surface area contributed by atoms with E-state index >= 15 is 0 Å². The lowest BCUT2D eigenvalue weighted by Crippen LogP contribution is -2.32. The lowest BCUT2D eigenvalue weighted by atomic mass is 10.3. The lowest BCUT2D eigenvalue weighted by molar-refractivity contribution is 0.469. The minimum absolute atomic E-state index is 0.314. The third-order valence-corrected chi connectivity index (χ3v) is 4.81. The van der Waals surface area contributed by atoms with Crippen LogP contribution in [0.5, 0.6) is 0 Å². The molecule has 5 nitrogen and oxygen atoms in total. The molecule has 0 amide bonds. The van der Waals surface area contributed by atoms with Crippen LogP contribution in [0.2, 0.25) is 0 Å². The Kier molecular flexibility index (Phi) is 4.95. The number of nitrogens with zero attached hydrogens (tertiary/aromatic N) is 3. The number of benzene rings is 1. The fraction of sp³-hybridized carbons (Fsp3) is 0.200. The van der Waals surface area contributed by atoms with E-state index in [-0.39, 0.29) is 4.47 Å². The van der Waals surface area contributed by atoms with E-state index < -0.39 is 39.6 Å². The monoisotopic (exact) mass is 349 g/mol. The van der Waals surface area contributed by atoms with Gasteiger partial charge in [0.05, 0.1) is 12.1 Å². The number of hydrogen-bond acceptors (Lipinski definition) is 4. The Morgan fingerprint density at radius 2 is 1.74 bits per heavy atom. The molecule has 1 aromatic rings. The first-order valence-electron chi connectivity index (χ1n) is 4.73. The average molecular weight is 350 g/mol. The van der Waals surface area contributed by atoms with Gasteiger partial charge in [0, 0.05) is 10.5 Å². The predicted molar refractivity (Wildman–Crippen MR) is 64.0 cm³/mol. The second-order valence-corrected chi connectivity index (χ2v) is 6.02. The molecule has 0 radical (unpaired) electrons. The van der Waals surface area contributed by atoms with Crippen molar-refractivity contribution in [2.24, 2.45) is 0 Å². The van der Waals surface area contributed by atoms with Gasteiger partial charge >= 0.3 is 0 Å². The Balaban J connectivity index is 3.43. The molecule has 0 aliphatic carbocycles. The zero-order valence-electron chi connectivity index (χ0n) is 9.27. The summed E-state index contributed by atoms with van der Waals surface area (Å²) >= 11 is 2.75. The molecule has 19 heavy (non-hydrogen) atoms. The highest BCUT2D eigenvalue weighted by molar-refractivity contribution is 9.10. The van der Waals surface area contributed by atoms with Crippen LogP contribution in [0.4, 0.5) is 8.78 Å². The zero-order chi connectivity index (χ0) is 14.6. The van der Waals surface area contributed by atoms with Crippen molar-refractivity contribution < 1.29 is 17.2 Å². The number of nitriles is 2. The number of halogens is 3. The minimum Gasteiger partial charge on any atom is -0.207 e. The molecule has 0 bridgehead atoms. The highest BCUT2D eigenvalue weighted by Crippen LogP contribution is 2.28. The van der Waals surface area contributed by atoms with Gasteiger partial charge in [-0.15, -0.1) is 0 Å². The molecule has 0 N–H and O–H groups in total. The van der Waals surface area contributed by atoms with Gasteiger partial charge in [0.2, 0.25) is 10.0 Å². The van der Waals surface area contributed by atoms with Crippen LogP contribution >= 0.6 is 15.9 Å². The second-order valence-electron chi connectivity index (χ2n) is 3.29. The molecule has 0 saturated heterocycles. The molecule has 1 rings (SSSR count). The van der Waals surface area contributed by atoms with Gasteiger partial charge in [0.15, 0.2) is 0 Å². The van der Waals surface area contributed by atoms with Crippen LogP contribution in [0.15, 0.2) is 21.5 Å². The summed E-state index contributed by atoms with van der Waals surface area (Å²) in [6.45, 7) is -1.22. The van der Waals surface area contributed by atoms with Crippen LogP contribution in [-0.2, 0) is 10.0 Å². The number of sulfonamides is 1. The molecule has 0 aromatic heterocycles. The highest BCUT2D eigenvalue weighted by Gasteiger charge is 2.30. The highest BCUT2D eigenvalue weighted by atomic mass is 79.9. The van der Waals surface area contributed by atoms with Crippen LogP contribution < -0.4 is 0 Å². The van der Waals surface area contributed by atoms with Gasteiger partial charge in [0.1, 0.15) is 29.6 Å². The van der Waals surface area contributed by atoms with Gasteiger partial charge in [-0.2, -0.15) is 14.8 Å². The first-order valence-corrected chi connectivity index (χ1v) is 6.96. The van der Waals surface area contributed by atoms with E-state index in [1.54, 1.807) is 12.1 Å². The Hall–Kier alpha value is -1.55. The van der Waals surface area contributed by atoms with Crippen LogP contribution in [0.1, 0.15) is 0 Å². The first-order chi connectivity index (χ1) is 8.84. The second kappa shape index (κ2) is 6.06. The van der Waals surface area contributed by atoms with E-state index in [2.05, 4.69) is 15.9 Å². The summed E-state index contributed by atoms with van der Waals surface area (Å²) in [6.07, 6.45) is 0. The summed E-state index contributed by atoms with van der Waals surface area (Å²) in [4.78, 5) is -0.806. The van der Waals surface area contributed by atoms with Crippen LogP contribution in [0.25, 0.3) is 0 Å². The lowest BCUT2D eigenvalue weighted by Gasteiger charge is -2.17.